The molecule has 1 aromatic carbocycles. The van der Waals surface area contributed by atoms with Crippen LogP contribution in [0.4, 0.5) is 13.2 Å². The molecule has 0 radical (unpaired) electrons. The molecule has 0 amide bonds. The zero-order valence-corrected chi connectivity index (χ0v) is 10.3. The van der Waals surface area contributed by atoms with E-state index in [1.54, 1.807) is 12.1 Å². The SMILES string of the molecule is Cc1cc(SC(F)(F)F)ccc1CCCCl. The molecule has 5 heteroatoms. The molecule has 16 heavy (non-hydrogen) atoms. The van der Waals surface area contributed by atoms with Crippen LogP contribution in [0.3, 0.4) is 0 Å². The third kappa shape index (κ3) is 4.66. The summed E-state index contributed by atoms with van der Waals surface area (Å²) in [6, 6.07) is 4.83. The topological polar surface area (TPSA) is 0 Å². The summed E-state index contributed by atoms with van der Waals surface area (Å²) in [4.78, 5) is 0.236. The number of rotatable bonds is 4. The molecule has 0 bridgehead atoms. The summed E-state index contributed by atoms with van der Waals surface area (Å²) in [7, 11) is 0. The molecule has 0 atom stereocenters. The van der Waals surface area contributed by atoms with Crippen molar-refractivity contribution in [2.24, 2.45) is 0 Å². The molecule has 0 spiro atoms. The number of benzene rings is 1. The van der Waals surface area contributed by atoms with Gasteiger partial charge in [-0.2, -0.15) is 13.2 Å². The average Bonchev–Trinajstić information content (AvgIpc) is 2.14. The van der Waals surface area contributed by atoms with E-state index in [-0.39, 0.29) is 16.7 Å². The van der Waals surface area contributed by atoms with Crippen LogP contribution in [0.2, 0.25) is 0 Å². The molecule has 0 fully saturated rings. The standard InChI is InChI=1S/C11H12ClF3S/c1-8-7-10(16-11(13,14)15)5-4-9(8)3-2-6-12/h4-5,7H,2-3,6H2,1H3. The van der Waals surface area contributed by atoms with Gasteiger partial charge in [0.25, 0.3) is 0 Å². The van der Waals surface area contributed by atoms with Gasteiger partial charge in [0.2, 0.25) is 0 Å². The van der Waals surface area contributed by atoms with Crippen LogP contribution >= 0.6 is 23.4 Å². The maximum Gasteiger partial charge on any atom is 0.446 e. The maximum atomic E-state index is 12.1. The molecule has 0 saturated carbocycles. The summed E-state index contributed by atoms with van der Waals surface area (Å²) in [6.07, 6.45) is 1.65. The third-order valence-electron chi connectivity index (χ3n) is 2.13. The Balaban J connectivity index is 2.74. The quantitative estimate of drug-likeness (QED) is 0.559. The Kier molecular flexibility index (Phi) is 4.99. The molecule has 0 saturated heterocycles. The van der Waals surface area contributed by atoms with Gasteiger partial charge in [0, 0.05) is 10.8 Å². The summed E-state index contributed by atoms with van der Waals surface area (Å²) in [5, 5.41) is 0. The minimum Gasteiger partial charge on any atom is -0.160 e. The zero-order chi connectivity index (χ0) is 12.2. The van der Waals surface area contributed by atoms with Gasteiger partial charge < -0.3 is 0 Å². The van der Waals surface area contributed by atoms with Crippen molar-refractivity contribution in [2.45, 2.75) is 30.2 Å². The largest absolute Gasteiger partial charge is 0.446 e. The molecule has 0 aliphatic carbocycles. The van der Waals surface area contributed by atoms with Crippen molar-refractivity contribution < 1.29 is 13.2 Å². The van der Waals surface area contributed by atoms with Crippen LogP contribution in [0.5, 0.6) is 0 Å². The van der Waals surface area contributed by atoms with E-state index < -0.39 is 5.51 Å². The lowest BCUT2D eigenvalue weighted by molar-refractivity contribution is -0.0328. The van der Waals surface area contributed by atoms with Gasteiger partial charge >= 0.3 is 5.51 Å². The van der Waals surface area contributed by atoms with E-state index in [1.807, 2.05) is 6.92 Å². The maximum absolute atomic E-state index is 12.1. The van der Waals surface area contributed by atoms with Crippen LogP contribution in [0.25, 0.3) is 0 Å². The van der Waals surface area contributed by atoms with E-state index >= 15 is 0 Å². The van der Waals surface area contributed by atoms with Gasteiger partial charge in [-0.05, 0) is 54.8 Å². The van der Waals surface area contributed by atoms with E-state index in [2.05, 4.69) is 0 Å². The van der Waals surface area contributed by atoms with E-state index in [1.165, 1.54) is 6.07 Å². The Morgan fingerprint density at radius 1 is 1.31 bits per heavy atom. The average molecular weight is 269 g/mol. The number of alkyl halides is 4. The second-order valence-electron chi connectivity index (χ2n) is 3.43. The fraction of sp³-hybridized carbons (Fsp3) is 0.455. The fourth-order valence-electron chi connectivity index (χ4n) is 1.40. The molecular formula is C11H12ClF3S. The molecule has 1 aromatic rings. The highest BCUT2D eigenvalue weighted by Crippen LogP contribution is 2.37. The molecule has 0 unspecified atom stereocenters. The molecule has 0 heterocycles. The molecule has 0 nitrogen and oxygen atoms in total. The number of aryl methyl sites for hydroxylation is 2. The summed E-state index contributed by atoms with van der Waals surface area (Å²) < 4.78 is 36.4. The van der Waals surface area contributed by atoms with Crippen molar-refractivity contribution in [1.82, 2.24) is 0 Å². The second-order valence-corrected chi connectivity index (χ2v) is 4.95. The summed E-state index contributed by atoms with van der Waals surface area (Å²) in [5.74, 6) is 0.568. The van der Waals surface area contributed by atoms with Gasteiger partial charge in [0.1, 0.15) is 0 Å². The molecular weight excluding hydrogens is 257 g/mol. The van der Waals surface area contributed by atoms with Crippen molar-refractivity contribution in [3.05, 3.63) is 29.3 Å². The lowest BCUT2D eigenvalue weighted by atomic mass is 10.0. The smallest absolute Gasteiger partial charge is 0.160 e. The zero-order valence-electron chi connectivity index (χ0n) is 8.77. The summed E-state index contributed by atoms with van der Waals surface area (Å²) in [6.45, 7) is 1.82. The van der Waals surface area contributed by atoms with Crippen LogP contribution in [-0.4, -0.2) is 11.4 Å². The van der Waals surface area contributed by atoms with Crippen molar-refractivity contribution in [3.63, 3.8) is 0 Å². The molecule has 1 rings (SSSR count). The predicted molar refractivity (Wildman–Crippen MR) is 62.1 cm³/mol. The second kappa shape index (κ2) is 5.82. The first-order valence-electron chi connectivity index (χ1n) is 4.83. The van der Waals surface area contributed by atoms with E-state index in [9.17, 15) is 13.2 Å². The number of thioether (sulfide) groups is 1. The van der Waals surface area contributed by atoms with Gasteiger partial charge in [-0.25, -0.2) is 0 Å². The Morgan fingerprint density at radius 3 is 2.50 bits per heavy atom. The lowest BCUT2D eigenvalue weighted by Gasteiger charge is -2.09. The minimum absolute atomic E-state index is 0.0786. The fourth-order valence-corrected chi connectivity index (χ4v) is 2.18. The first-order chi connectivity index (χ1) is 7.42. The highest BCUT2D eigenvalue weighted by molar-refractivity contribution is 8.00. The monoisotopic (exact) mass is 268 g/mol. The van der Waals surface area contributed by atoms with Gasteiger partial charge in [-0.3, -0.25) is 0 Å². The highest BCUT2D eigenvalue weighted by Gasteiger charge is 2.29. The van der Waals surface area contributed by atoms with Crippen molar-refractivity contribution in [3.8, 4) is 0 Å². The van der Waals surface area contributed by atoms with Gasteiger partial charge in [0.15, 0.2) is 0 Å². The van der Waals surface area contributed by atoms with Crippen LogP contribution in [0, 0.1) is 6.92 Å². The Hall–Kier alpha value is -0.350. The summed E-state index contributed by atoms with van der Waals surface area (Å²) >= 11 is 5.49. The third-order valence-corrected chi connectivity index (χ3v) is 3.12. The normalized spacial score (nSPS) is 11.8. The van der Waals surface area contributed by atoms with Crippen LogP contribution in [0.1, 0.15) is 17.5 Å². The number of halogens is 4. The predicted octanol–water partition coefficient (Wildman–Crippen LogP) is 4.78. The Labute approximate surface area is 102 Å². The molecule has 0 aromatic heterocycles. The molecule has 0 aliphatic heterocycles. The molecule has 0 N–H and O–H groups in total. The van der Waals surface area contributed by atoms with Crippen molar-refractivity contribution >= 4 is 23.4 Å². The molecule has 0 aliphatic rings. The Bertz CT molecular complexity index is 350. The van der Waals surface area contributed by atoms with E-state index in [0.717, 1.165) is 24.0 Å². The summed E-state index contributed by atoms with van der Waals surface area (Å²) in [5.41, 5.74) is -2.27. The highest BCUT2D eigenvalue weighted by atomic mass is 35.5. The van der Waals surface area contributed by atoms with Crippen LogP contribution < -0.4 is 0 Å². The van der Waals surface area contributed by atoms with Crippen LogP contribution in [-0.2, 0) is 6.42 Å². The van der Waals surface area contributed by atoms with Crippen molar-refractivity contribution in [2.75, 3.05) is 5.88 Å². The van der Waals surface area contributed by atoms with E-state index in [0.29, 0.717) is 5.88 Å². The van der Waals surface area contributed by atoms with Gasteiger partial charge in [-0.15, -0.1) is 11.6 Å². The first kappa shape index (κ1) is 13.7. The number of hydrogen-bond donors (Lipinski definition) is 0. The van der Waals surface area contributed by atoms with Gasteiger partial charge in [-0.1, -0.05) is 6.07 Å². The van der Waals surface area contributed by atoms with Gasteiger partial charge in [0.05, 0.1) is 0 Å². The lowest BCUT2D eigenvalue weighted by Crippen LogP contribution is -1.99. The van der Waals surface area contributed by atoms with Crippen LogP contribution in [0.15, 0.2) is 23.1 Å². The Morgan fingerprint density at radius 2 is 2.00 bits per heavy atom. The minimum atomic E-state index is -4.22. The van der Waals surface area contributed by atoms with Crippen molar-refractivity contribution in [1.29, 1.82) is 0 Å². The first-order valence-corrected chi connectivity index (χ1v) is 6.19. The molecule has 90 valence electrons. The van der Waals surface area contributed by atoms with E-state index in [4.69, 9.17) is 11.6 Å². The number of hydrogen-bond acceptors (Lipinski definition) is 1.